The van der Waals surface area contributed by atoms with E-state index >= 15 is 0 Å². The molecule has 1 fully saturated rings. The van der Waals surface area contributed by atoms with Crippen LogP contribution in [0.15, 0.2) is 18.2 Å². The molecule has 0 spiro atoms. The van der Waals surface area contributed by atoms with Crippen molar-refractivity contribution in [1.82, 2.24) is 10.2 Å². The molecular formula is C14H18ClN3O. The van der Waals surface area contributed by atoms with Crippen LogP contribution in [0.5, 0.6) is 5.75 Å². The molecule has 0 saturated carbocycles. The van der Waals surface area contributed by atoms with Gasteiger partial charge in [-0.15, -0.1) is 0 Å². The highest BCUT2D eigenvalue weighted by Crippen LogP contribution is 2.28. The molecule has 4 nitrogen and oxygen atoms in total. The first-order chi connectivity index (χ1) is 9.05. The van der Waals surface area contributed by atoms with Crippen molar-refractivity contribution in [2.24, 2.45) is 0 Å². The van der Waals surface area contributed by atoms with Gasteiger partial charge in [-0.2, -0.15) is 5.26 Å². The molecular weight excluding hydrogens is 262 g/mol. The van der Waals surface area contributed by atoms with Crippen LogP contribution in [0.4, 0.5) is 0 Å². The number of hydrogen-bond donors (Lipinski definition) is 2. The SMILES string of the molecule is CC(C#N)(Cc1cc(Cl)ccc1O)N1CCNCC1. The van der Waals surface area contributed by atoms with E-state index in [0.29, 0.717) is 11.4 Å². The van der Waals surface area contributed by atoms with E-state index in [2.05, 4.69) is 16.3 Å². The molecule has 1 unspecified atom stereocenters. The molecule has 102 valence electrons. The van der Waals surface area contributed by atoms with Gasteiger partial charge in [0.15, 0.2) is 0 Å². The van der Waals surface area contributed by atoms with E-state index in [-0.39, 0.29) is 5.75 Å². The van der Waals surface area contributed by atoms with Gasteiger partial charge >= 0.3 is 0 Å². The van der Waals surface area contributed by atoms with Gasteiger partial charge in [0.05, 0.1) is 6.07 Å². The molecule has 1 aromatic carbocycles. The Morgan fingerprint density at radius 3 is 2.79 bits per heavy atom. The third-order valence-electron chi connectivity index (χ3n) is 3.63. The monoisotopic (exact) mass is 279 g/mol. The minimum atomic E-state index is -0.621. The fourth-order valence-corrected chi connectivity index (χ4v) is 2.64. The van der Waals surface area contributed by atoms with E-state index in [1.165, 1.54) is 0 Å². The first kappa shape index (κ1) is 14.1. The summed E-state index contributed by atoms with van der Waals surface area (Å²) >= 11 is 5.96. The number of phenolic OH excluding ortho intramolecular Hbond substituents is 1. The second-order valence-electron chi connectivity index (χ2n) is 5.07. The highest BCUT2D eigenvalue weighted by molar-refractivity contribution is 6.30. The maximum absolute atomic E-state index is 9.89. The number of piperazine rings is 1. The van der Waals surface area contributed by atoms with Gasteiger partial charge in [0.2, 0.25) is 0 Å². The Morgan fingerprint density at radius 2 is 2.16 bits per heavy atom. The maximum Gasteiger partial charge on any atom is 0.118 e. The van der Waals surface area contributed by atoms with Crippen LogP contribution in [0, 0.1) is 11.3 Å². The number of nitrogens with zero attached hydrogens (tertiary/aromatic N) is 2. The fourth-order valence-electron chi connectivity index (χ4n) is 2.45. The van der Waals surface area contributed by atoms with E-state index in [1.807, 2.05) is 6.92 Å². The largest absolute Gasteiger partial charge is 0.508 e. The zero-order chi connectivity index (χ0) is 13.9. The summed E-state index contributed by atoms with van der Waals surface area (Å²) in [6, 6.07) is 7.34. The highest BCUT2D eigenvalue weighted by Gasteiger charge is 2.33. The number of halogens is 1. The molecule has 5 heteroatoms. The van der Waals surface area contributed by atoms with Gasteiger partial charge in [-0.25, -0.2) is 0 Å². The van der Waals surface area contributed by atoms with Crippen molar-refractivity contribution >= 4 is 11.6 Å². The summed E-state index contributed by atoms with van der Waals surface area (Å²) in [6.07, 6.45) is 0.468. The third kappa shape index (κ3) is 3.19. The molecule has 1 aromatic rings. The Bertz CT molecular complexity index is 494. The van der Waals surface area contributed by atoms with E-state index in [1.54, 1.807) is 18.2 Å². The average Bonchev–Trinajstić information content (AvgIpc) is 2.44. The number of benzene rings is 1. The molecule has 19 heavy (non-hydrogen) atoms. The minimum absolute atomic E-state index is 0.195. The summed E-state index contributed by atoms with van der Waals surface area (Å²) in [5.74, 6) is 0.195. The van der Waals surface area contributed by atoms with Crippen LogP contribution in [0.25, 0.3) is 0 Å². The van der Waals surface area contributed by atoms with Crippen molar-refractivity contribution in [3.05, 3.63) is 28.8 Å². The number of hydrogen-bond acceptors (Lipinski definition) is 4. The van der Waals surface area contributed by atoms with Crippen LogP contribution in [0.3, 0.4) is 0 Å². The summed E-state index contributed by atoms with van der Waals surface area (Å²) < 4.78 is 0. The molecule has 2 N–H and O–H groups in total. The summed E-state index contributed by atoms with van der Waals surface area (Å²) in [5.41, 5.74) is 0.0969. The number of rotatable bonds is 3. The number of phenols is 1. The van der Waals surface area contributed by atoms with Gasteiger partial charge in [0.1, 0.15) is 11.3 Å². The van der Waals surface area contributed by atoms with Gasteiger partial charge in [-0.05, 0) is 30.7 Å². The number of nitrogens with one attached hydrogen (secondary N) is 1. The van der Waals surface area contributed by atoms with Gasteiger partial charge < -0.3 is 10.4 Å². The summed E-state index contributed by atoms with van der Waals surface area (Å²) in [4.78, 5) is 2.16. The van der Waals surface area contributed by atoms with Crippen LogP contribution >= 0.6 is 11.6 Å². The molecule has 0 aromatic heterocycles. The maximum atomic E-state index is 9.89. The molecule has 1 heterocycles. The Kier molecular flexibility index (Phi) is 4.31. The van der Waals surface area contributed by atoms with Crippen LogP contribution in [0.2, 0.25) is 5.02 Å². The standard InChI is InChI=1S/C14H18ClN3O/c1-14(10-16,18-6-4-17-5-7-18)9-11-8-12(15)2-3-13(11)19/h2-3,8,17,19H,4-7,9H2,1H3. The first-order valence-electron chi connectivity index (χ1n) is 6.39. The van der Waals surface area contributed by atoms with E-state index < -0.39 is 5.54 Å². The molecule has 2 rings (SSSR count). The zero-order valence-corrected chi connectivity index (χ0v) is 11.7. The molecule has 1 saturated heterocycles. The molecule has 0 aliphatic carbocycles. The van der Waals surface area contributed by atoms with Gasteiger partial charge in [0, 0.05) is 37.6 Å². The topological polar surface area (TPSA) is 59.3 Å². The van der Waals surface area contributed by atoms with Crippen LogP contribution in [0.1, 0.15) is 12.5 Å². The lowest BCUT2D eigenvalue weighted by atomic mass is 9.91. The first-order valence-corrected chi connectivity index (χ1v) is 6.77. The van der Waals surface area contributed by atoms with Crippen LogP contribution < -0.4 is 5.32 Å². The molecule has 0 bridgehead atoms. The summed E-state index contributed by atoms with van der Waals surface area (Å²) in [6.45, 7) is 5.37. The molecule has 1 aliphatic heterocycles. The normalized spacial score (nSPS) is 19.6. The number of nitriles is 1. The van der Waals surface area contributed by atoms with E-state index in [4.69, 9.17) is 11.6 Å². The quantitative estimate of drug-likeness (QED) is 0.885. The Balaban J connectivity index is 2.22. The van der Waals surface area contributed by atoms with Crippen molar-refractivity contribution < 1.29 is 5.11 Å². The summed E-state index contributed by atoms with van der Waals surface area (Å²) in [5, 5.41) is 23.3. The smallest absolute Gasteiger partial charge is 0.118 e. The van der Waals surface area contributed by atoms with Crippen molar-refractivity contribution in [2.45, 2.75) is 18.9 Å². The lowest BCUT2D eigenvalue weighted by Crippen LogP contribution is -2.55. The Morgan fingerprint density at radius 1 is 1.47 bits per heavy atom. The van der Waals surface area contributed by atoms with Crippen molar-refractivity contribution in [3.63, 3.8) is 0 Å². The second-order valence-corrected chi connectivity index (χ2v) is 5.51. The Hall–Kier alpha value is -1.28. The lowest BCUT2D eigenvalue weighted by Gasteiger charge is -2.39. The molecule has 1 atom stereocenters. The second kappa shape index (κ2) is 5.79. The molecule has 1 aliphatic rings. The Labute approximate surface area is 118 Å². The average molecular weight is 280 g/mol. The third-order valence-corrected chi connectivity index (χ3v) is 3.87. The van der Waals surface area contributed by atoms with E-state index in [9.17, 15) is 10.4 Å². The number of aromatic hydroxyl groups is 1. The predicted octanol–water partition coefficient (Wildman–Crippen LogP) is 1.78. The molecule has 0 amide bonds. The lowest BCUT2D eigenvalue weighted by molar-refractivity contribution is 0.132. The van der Waals surface area contributed by atoms with Gasteiger partial charge in [-0.1, -0.05) is 11.6 Å². The summed E-state index contributed by atoms with van der Waals surface area (Å²) in [7, 11) is 0. The van der Waals surface area contributed by atoms with Crippen molar-refractivity contribution in [1.29, 1.82) is 5.26 Å². The van der Waals surface area contributed by atoms with Crippen molar-refractivity contribution in [3.8, 4) is 11.8 Å². The van der Waals surface area contributed by atoms with Crippen LogP contribution in [-0.2, 0) is 6.42 Å². The highest BCUT2D eigenvalue weighted by atomic mass is 35.5. The molecule has 0 radical (unpaired) electrons. The minimum Gasteiger partial charge on any atom is -0.508 e. The van der Waals surface area contributed by atoms with E-state index in [0.717, 1.165) is 31.7 Å². The fraction of sp³-hybridized carbons (Fsp3) is 0.500. The zero-order valence-electron chi connectivity index (χ0n) is 11.0. The van der Waals surface area contributed by atoms with Gasteiger partial charge in [-0.3, -0.25) is 4.90 Å². The van der Waals surface area contributed by atoms with Gasteiger partial charge in [0.25, 0.3) is 0 Å². The predicted molar refractivity (Wildman–Crippen MR) is 75.3 cm³/mol. The van der Waals surface area contributed by atoms with Crippen molar-refractivity contribution in [2.75, 3.05) is 26.2 Å². The van der Waals surface area contributed by atoms with Crippen LogP contribution in [-0.4, -0.2) is 41.7 Å².